The molecule has 5 nitrogen and oxygen atoms in total. The first-order valence-corrected chi connectivity index (χ1v) is 7.08. The zero-order valence-electron chi connectivity index (χ0n) is 10.6. The third kappa shape index (κ3) is 2.45. The second-order valence-corrected chi connectivity index (χ2v) is 5.51. The third-order valence-electron chi connectivity index (χ3n) is 3.27. The number of aryl methyl sites for hydroxylation is 1. The number of hydrogen-bond donors (Lipinski definition) is 1. The van der Waals surface area contributed by atoms with Crippen LogP contribution in [-0.4, -0.2) is 20.7 Å². The molecule has 0 saturated carbocycles. The molecule has 0 unspecified atom stereocenters. The molecule has 1 aromatic carbocycles. The van der Waals surface area contributed by atoms with E-state index in [9.17, 15) is 9.18 Å². The van der Waals surface area contributed by atoms with E-state index in [0.717, 1.165) is 25.2 Å². The van der Waals surface area contributed by atoms with E-state index < -0.39 is 11.7 Å². The van der Waals surface area contributed by atoms with E-state index >= 15 is 0 Å². The Bertz CT molecular complexity index is 670. The Kier molecular flexibility index (Phi) is 3.52. The number of nitrogens with zero attached hydrogens (tertiary/aromatic N) is 3. The van der Waals surface area contributed by atoms with Gasteiger partial charge in [-0.2, -0.15) is 0 Å². The molecule has 0 saturated heterocycles. The maximum atomic E-state index is 13.7. The smallest absolute Gasteiger partial charge is 0.254 e. The number of carbonyl (C=O) groups is 1. The van der Waals surface area contributed by atoms with Gasteiger partial charge in [0.05, 0.1) is 12.1 Å². The van der Waals surface area contributed by atoms with Crippen molar-refractivity contribution in [2.24, 2.45) is 0 Å². The average molecular weight is 339 g/mol. The summed E-state index contributed by atoms with van der Waals surface area (Å²) in [6.07, 6.45) is 1.97. The van der Waals surface area contributed by atoms with Gasteiger partial charge in [0.2, 0.25) is 0 Å². The lowest BCUT2D eigenvalue weighted by Crippen LogP contribution is -2.25. The van der Waals surface area contributed by atoms with Gasteiger partial charge >= 0.3 is 0 Å². The molecule has 1 aliphatic rings. The Labute approximate surface area is 123 Å². The van der Waals surface area contributed by atoms with Crippen LogP contribution in [0.3, 0.4) is 0 Å². The van der Waals surface area contributed by atoms with Crippen LogP contribution in [0, 0.1) is 5.82 Å². The Morgan fingerprint density at radius 2 is 2.30 bits per heavy atom. The van der Waals surface area contributed by atoms with Gasteiger partial charge in [0.1, 0.15) is 11.6 Å². The van der Waals surface area contributed by atoms with Crippen molar-refractivity contribution in [2.75, 3.05) is 0 Å². The van der Waals surface area contributed by atoms with Crippen LogP contribution < -0.4 is 5.32 Å². The quantitative estimate of drug-likeness (QED) is 0.931. The summed E-state index contributed by atoms with van der Waals surface area (Å²) < 4.78 is 16.3. The predicted octanol–water partition coefficient (Wildman–Crippen LogP) is 2.06. The highest BCUT2D eigenvalue weighted by Gasteiger charge is 2.18. The van der Waals surface area contributed by atoms with Gasteiger partial charge in [0, 0.05) is 17.4 Å². The van der Waals surface area contributed by atoms with Crippen LogP contribution in [-0.2, 0) is 19.5 Å². The van der Waals surface area contributed by atoms with Gasteiger partial charge in [0.25, 0.3) is 5.91 Å². The van der Waals surface area contributed by atoms with Gasteiger partial charge in [-0.3, -0.25) is 4.79 Å². The molecule has 7 heteroatoms. The van der Waals surface area contributed by atoms with Gasteiger partial charge in [-0.05, 0) is 24.6 Å². The Hall–Kier alpha value is -1.76. The molecule has 0 fully saturated rings. The highest BCUT2D eigenvalue weighted by molar-refractivity contribution is 9.10. The van der Waals surface area contributed by atoms with Crippen molar-refractivity contribution < 1.29 is 9.18 Å². The van der Waals surface area contributed by atoms with E-state index in [2.05, 4.69) is 31.4 Å². The van der Waals surface area contributed by atoms with Crippen molar-refractivity contribution >= 4 is 21.8 Å². The zero-order valence-corrected chi connectivity index (χ0v) is 12.2. The predicted molar refractivity (Wildman–Crippen MR) is 73.6 cm³/mol. The fraction of sp³-hybridized carbons (Fsp3) is 0.308. The van der Waals surface area contributed by atoms with Crippen molar-refractivity contribution in [1.82, 2.24) is 20.1 Å². The van der Waals surface area contributed by atoms with Crippen LogP contribution in [0.15, 0.2) is 22.7 Å². The average Bonchev–Trinajstić information content (AvgIpc) is 2.99. The number of benzene rings is 1. The first kappa shape index (κ1) is 13.2. The van der Waals surface area contributed by atoms with E-state index in [1.807, 2.05) is 4.57 Å². The van der Waals surface area contributed by atoms with Crippen LogP contribution >= 0.6 is 15.9 Å². The molecule has 104 valence electrons. The number of aromatic nitrogens is 3. The highest BCUT2D eigenvalue weighted by Crippen LogP contribution is 2.16. The monoisotopic (exact) mass is 338 g/mol. The molecule has 2 heterocycles. The van der Waals surface area contributed by atoms with Crippen molar-refractivity contribution in [3.8, 4) is 0 Å². The maximum Gasteiger partial charge on any atom is 0.254 e. The number of rotatable bonds is 3. The third-order valence-corrected chi connectivity index (χ3v) is 3.76. The molecule has 3 rings (SSSR count). The standard InChI is InChI=1S/C13H12BrFN4O/c14-8-3-4-9(10(15)6-8)13(20)16-7-12-18-17-11-2-1-5-19(11)12/h3-4,6H,1-2,5,7H2,(H,16,20). The second-order valence-electron chi connectivity index (χ2n) is 4.59. The van der Waals surface area contributed by atoms with Crippen LogP contribution in [0.1, 0.15) is 28.4 Å². The summed E-state index contributed by atoms with van der Waals surface area (Å²) in [7, 11) is 0. The van der Waals surface area contributed by atoms with Crippen molar-refractivity contribution in [3.05, 3.63) is 45.7 Å². The highest BCUT2D eigenvalue weighted by atomic mass is 79.9. The summed E-state index contributed by atoms with van der Waals surface area (Å²) in [6, 6.07) is 4.35. The lowest BCUT2D eigenvalue weighted by molar-refractivity contribution is 0.0945. The normalized spacial score (nSPS) is 13.3. The Morgan fingerprint density at radius 3 is 3.10 bits per heavy atom. The molecule has 1 aromatic heterocycles. The van der Waals surface area contributed by atoms with Gasteiger partial charge in [0.15, 0.2) is 5.82 Å². The lowest BCUT2D eigenvalue weighted by atomic mass is 10.2. The molecule has 1 amide bonds. The van der Waals surface area contributed by atoms with E-state index in [4.69, 9.17) is 0 Å². The van der Waals surface area contributed by atoms with Crippen LogP contribution in [0.4, 0.5) is 4.39 Å². The molecule has 0 bridgehead atoms. The van der Waals surface area contributed by atoms with E-state index in [0.29, 0.717) is 10.3 Å². The number of carbonyl (C=O) groups excluding carboxylic acids is 1. The number of hydrogen-bond acceptors (Lipinski definition) is 3. The van der Waals surface area contributed by atoms with E-state index in [1.165, 1.54) is 12.1 Å². The van der Waals surface area contributed by atoms with Gasteiger partial charge < -0.3 is 9.88 Å². The Morgan fingerprint density at radius 1 is 1.45 bits per heavy atom. The second kappa shape index (κ2) is 5.32. The minimum Gasteiger partial charge on any atom is -0.345 e. The minimum absolute atomic E-state index is 0.0226. The van der Waals surface area contributed by atoms with E-state index in [-0.39, 0.29) is 12.1 Å². The molecule has 0 atom stereocenters. The largest absolute Gasteiger partial charge is 0.345 e. The Balaban J connectivity index is 1.70. The molecule has 1 N–H and O–H groups in total. The topological polar surface area (TPSA) is 59.8 Å². The molecule has 0 spiro atoms. The van der Waals surface area contributed by atoms with E-state index in [1.54, 1.807) is 6.07 Å². The van der Waals surface area contributed by atoms with Crippen molar-refractivity contribution in [1.29, 1.82) is 0 Å². The van der Waals surface area contributed by atoms with Gasteiger partial charge in [-0.1, -0.05) is 15.9 Å². The first-order valence-electron chi connectivity index (χ1n) is 6.29. The fourth-order valence-corrected chi connectivity index (χ4v) is 2.60. The number of halogens is 2. The summed E-state index contributed by atoms with van der Waals surface area (Å²) in [5.74, 6) is 0.654. The van der Waals surface area contributed by atoms with Crippen LogP contribution in [0.5, 0.6) is 0 Å². The maximum absolute atomic E-state index is 13.7. The molecule has 1 aliphatic heterocycles. The number of amides is 1. The fourth-order valence-electron chi connectivity index (χ4n) is 2.27. The SMILES string of the molecule is O=C(NCc1nnc2n1CCC2)c1ccc(Br)cc1F. The molecular formula is C13H12BrFN4O. The summed E-state index contributed by atoms with van der Waals surface area (Å²) >= 11 is 3.16. The number of nitrogens with one attached hydrogen (secondary N) is 1. The van der Waals surface area contributed by atoms with Crippen LogP contribution in [0.2, 0.25) is 0 Å². The zero-order chi connectivity index (χ0) is 14.1. The summed E-state index contributed by atoms with van der Waals surface area (Å²) in [5, 5.41) is 10.8. The minimum atomic E-state index is -0.552. The summed E-state index contributed by atoms with van der Waals surface area (Å²) in [5.41, 5.74) is 0.0226. The first-order chi connectivity index (χ1) is 9.65. The van der Waals surface area contributed by atoms with Crippen molar-refractivity contribution in [3.63, 3.8) is 0 Å². The summed E-state index contributed by atoms with van der Waals surface area (Å²) in [6.45, 7) is 1.13. The summed E-state index contributed by atoms with van der Waals surface area (Å²) in [4.78, 5) is 11.9. The van der Waals surface area contributed by atoms with Gasteiger partial charge in [-0.15, -0.1) is 10.2 Å². The van der Waals surface area contributed by atoms with Crippen molar-refractivity contribution in [2.45, 2.75) is 25.9 Å². The molecule has 2 aromatic rings. The lowest BCUT2D eigenvalue weighted by Gasteiger charge is -2.07. The van der Waals surface area contributed by atoms with Crippen LogP contribution in [0.25, 0.3) is 0 Å². The van der Waals surface area contributed by atoms with Gasteiger partial charge in [-0.25, -0.2) is 4.39 Å². The molecule has 0 aliphatic carbocycles. The number of fused-ring (bicyclic) bond motifs is 1. The molecule has 20 heavy (non-hydrogen) atoms. The molecule has 0 radical (unpaired) electrons. The molecular weight excluding hydrogens is 327 g/mol.